The van der Waals surface area contributed by atoms with Gasteiger partial charge in [0, 0.05) is 12.6 Å². The summed E-state index contributed by atoms with van der Waals surface area (Å²) < 4.78 is 0. The highest BCUT2D eigenvalue weighted by Crippen LogP contribution is 2.17. The molecule has 3 heteroatoms. The Morgan fingerprint density at radius 3 is 2.35 bits per heavy atom. The van der Waals surface area contributed by atoms with Crippen LogP contribution < -0.4 is 5.73 Å². The third kappa shape index (κ3) is 4.34. The van der Waals surface area contributed by atoms with E-state index < -0.39 is 6.04 Å². The van der Waals surface area contributed by atoms with E-state index in [1.54, 1.807) is 0 Å². The third-order valence-corrected chi connectivity index (χ3v) is 3.86. The summed E-state index contributed by atoms with van der Waals surface area (Å²) in [6.45, 7) is 9.16. The molecule has 0 saturated carbocycles. The number of hydrogen-bond donors (Lipinski definition) is 1. The minimum atomic E-state index is -0.554. The predicted molar refractivity (Wildman–Crippen MR) is 84.5 cm³/mol. The number of aryl methyl sites for hydroxylation is 1. The molecular weight excluding hydrogens is 248 g/mol. The highest BCUT2D eigenvalue weighted by Gasteiger charge is 2.25. The second-order valence-electron chi connectivity index (χ2n) is 5.53. The molecule has 0 fully saturated rings. The molecule has 3 nitrogen and oxygen atoms in total. The van der Waals surface area contributed by atoms with E-state index in [4.69, 9.17) is 5.73 Å². The maximum absolute atomic E-state index is 12.6. The van der Waals surface area contributed by atoms with Gasteiger partial charge in [-0.25, -0.2) is 0 Å². The van der Waals surface area contributed by atoms with Crippen LogP contribution in [0, 0.1) is 6.92 Å². The van der Waals surface area contributed by atoms with Crippen molar-refractivity contribution in [3.63, 3.8) is 0 Å². The Morgan fingerprint density at radius 1 is 1.25 bits per heavy atom. The fraction of sp³-hybridized carbons (Fsp3) is 0.588. The Morgan fingerprint density at radius 2 is 1.85 bits per heavy atom. The molecule has 2 atom stereocenters. The van der Waals surface area contributed by atoms with Crippen molar-refractivity contribution in [2.24, 2.45) is 5.73 Å². The third-order valence-electron chi connectivity index (χ3n) is 3.86. The molecule has 2 unspecified atom stereocenters. The molecule has 0 aliphatic heterocycles. The maximum atomic E-state index is 12.6. The van der Waals surface area contributed by atoms with Gasteiger partial charge in [0.2, 0.25) is 5.91 Å². The van der Waals surface area contributed by atoms with Gasteiger partial charge in [-0.15, -0.1) is 0 Å². The van der Waals surface area contributed by atoms with Crippen molar-refractivity contribution in [3.05, 3.63) is 35.4 Å². The fourth-order valence-corrected chi connectivity index (χ4v) is 2.19. The number of nitrogens with zero attached hydrogens (tertiary/aromatic N) is 1. The van der Waals surface area contributed by atoms with E-state index in [1.807, 2.05) is 36.1 Å². The van der Waals surface area contributed by atoms with E-state index in [2.05, 4.69) is 20.8 Å². The highest BCUT2D eigenvalue weighted by atomic mass is 16.2. The van der Waals surface area contributed by atoms with Crippen molar-refractivity contribution < 1.29 is 4.79 Å². The highest BCUT2D eigenvalue weighted by molar-refractivity contribution is 5.83. The first kappa shape index (κ1) is 16.7. The minimum absolute atomic E-state index is 0.0386. The first-order valence-electron chi connectivity index (χ1n) is 7.63. The molecular formula is C17H28N2O. The maximum Gasteiger partial charge on any atom is 0.244 e. The fourth-order valence-electron chi connectivity index (χ4n) is 2.19. The summed E-state index contributed by atoms with van der Waals surface area (Å²) in [7, 11) is 0. The van der Waals surface area contributed by atoms with Gasteiger partial charge in [0.05, 0.1) is 0 Å². The van der Waals surface area contributed by atoms with E-state index in [9.17, 15) is 4.79 Å². The van der Waals surface area contributed by atoms with Crippen molar-refractivity contribution in [2.75, 3.05) is 6.54 Å². The van der Waals surface area contributed by atoms with E-state index in [1.165, 1.54) is 5.56 Å². The number of carbonyl (C=O) groups is 1. The molecule has 1 aromatic rings. The summed E-state index contributed by atoms with van der Waals surface area (Å²) >= 11 is 0. The Balaban J connectivity index is 2.84. The molecule has 1 aromatic carbocycles. The van der Waals surface area contributed by atoms with Gasteiger partial charge in [-0.2, -0.15) is 0 Å². The van der Waals surface area contributed by atoms with Gasteiger partial charge in [-0.1, -0.05) is 50.1 Å². The molecule has 0 aliphatic rings. The predicted octanol–water partition coefficient (Wildman–Crippen LogP) is 3.42. The average molecular weight is 276 g/mol. The first-order chi connectivity index (χ1) is 9.51. The number of unbranched alkanes of at least 4 members (excludes halogenated alkanes) is 1. The Hall–Kier alpha value is -1.35. The lowest BCUT2D eigenvalue weighted by Gasteiger charge is -2.31. The van der Waals surface area contributed by atoms with Crippen molar-refractivity contribution in [3.8, 4) is 0 Å². The molecule has 0 aromatic heterocycles. The zero-order valence-corrected chi connectivity index (χ0v) is 13.2. The van der Waals surface area contributed by atoms with Crippen LogP contribution >= 0.6 is 0 Å². The summed E-state index contributed by atoms with van der Waals surface area (Å²) in [4.78, 5) is 14.6. The summed E-state index contributed by atoms with van der Waals surface area (Å²) in [5, 5.41) is 0. The minimum Gasteiger partial charge on any atom is -0.338 e. The smallest absolute Gasteiger partial charge is 0.244 e. The second kappa shape index (κ2) is 8.05. The van der Waals surface area contributed by atoms with Crippen molar-refractivity contribution >= 4 is 5.91 Å². The summed E-state index contributed by atoms with van der Waals surface area (Å²) in [5.74, 6) is 0.0386. The van der Waals surface area contributed by atoms with Crippen LogP contribution in [0.25, 0.3) is 0 Å². The van der Waals surface area contributed by atoms with Gasteiger partial charge in [0.15, 0.2) is 0 Å². The van der Waals surface area contributed by atoms with Crippen LogP contribution in [0.3, 0.4) is 0 Å². The SMILES string of the molecule is CCCCN(C(=O)C(N)c1ccc(C)cc1)C(C)CC. The molecule has 1 amide bonds. The lowest BCUT2D eigenvalue weighted by molar-refractivity contribution is -0.135. The standard InChI is InChI=1S/C17H28N2O/c1-5-7-12-19(14(4)6-2)17(20)16(18)15-10-8-13(3)9-11-15/h8-11,14,16H,5-7,12,18H2,1-4H3. The zero-order chi connectivity index (χ0) is 15.1. The molecule has 0 aliphatic carbocycles. The van der Waals surface area contributed by atoms with Gasteiger partial charge < -0.3 is 10.6 Å². The van der Waals surface area contributed by atoms with Gasteiger partial charge >= 0.3 is 0 Å². The van der Waals surface area contributed by atoms with Crippen LogP contribution in [0.5, 0.6) is 0 Å². The van der Waals surface area contributed by atoms with Gasteiger partial charge in [0.1, 0.15) is 6.04 Å². The Bertz CT molecular complexity index is 414. The van der Waals surface area contributed by atoms with Crippen LogP contribution in [0.4, 0.5) is 0 Å². The largest absolute Gasteiger partial charge is 0.338 e. The van der Waals surface area contributed by atoms with Crippen LogP contribution in [0.15, 0.2) is 24.3 Å². The molecule has 0 saturated heterocycles. The number of carbonyl (C=O) groups excluding carboxylic acids is 1. The Kier molecular flexibility index (Phi) is 6.73. The lowest BCUT2D eigenvalue weighted by Crippen LogP contribution is -2.44. The molecule has 2 N–H and O–H groups in total. The number of nitrogens with two attached hydrogens (primary N) is 1. The molecule has 0 spiro atoms. The van der Waals surface area contributed by atoms with Gasteiger partial charge in [-0.3, -0.25) is 4.79 Å². The summed E-state index contributed by atoms with van der Waals surface area (Å²) in [6.07, 6.45) is 3.06. The monoisotopic (exact) mass is 276 g/mol. The molecule has 0 radical (unpaired) electrons. The first-order valence-corrected chi connectivity index (χ1v) is 7.63. The molecule has 20 heavy (non-hydrogen) atoms. The molecule has 112 valence electrons. The van der Waals surface area contributed by atoms with Crippen LogP contribution in [-0.2, 0) is 4.79 Å². The second-order valence-corrected chi connectivity index (χ2v) is 5.53. The van der Waals surface area contributed by atoms with Crippen LogP contribution in [-0.4, -0.2) is 23.4 Å². The number of rotatable bonds is 7. The molecule has 0 bridgehead atoms. The van der Waals surface area contributed by atoms with E-state index in [-0.39, 0.29) is 11.9 Å². The quantitative estimate of drug-likeness (QED) is 0.829. The number of hydrogen-bond acceptors (Lipinski definition) is 2. The summed E-state index contributed by atoms with van der Waals surface area (Å²) in [5.41, 5.74) is 8.24. The van der Waals surface area contributed by atoms with Crippen molar-refractivity contribution in [1.82, 2.24) is 4.90 Å². The van der Waals surface area contributed by atoms with Crippen LogP contribution in [0.2, 0.25) is 0 Å². The lowest BCUT2D eigenvalue weighted by atomic mass is 10.0. The average Bonchev–Trinajstić information content (AvgIpc) is 2.47. The van der Waals surface area contributed by atoms with Crippen LogP contribution in [0.1, 0.15) is 57.2 Å². The van der Waals surface area contributed by atoms with E-state index in [0.717, 1.165) is 31.4 Å². The van der Waals surface area contributed by atoms with Gasteiger partial charge in [-0.05, 0) is 32.3 Å². The van der Waals surface area contributed by atoms with E-state index in [0.29, 0.717) is 0 Å². The Labute approximate surface area is 123 Å². The topological polar surface area (TPSA) is 46.3 Å². The summed E-state index contributed by atoms with van der Waals surface area (Å²) in [6, 6.07) is 7.59. The van der Waals surface area contributed by atoms with Gasteiger partial charge in [0.25, 0.3) is 0 Å². The molecule has 1 rings (SSSR count). The van der Waals surface area contributed by atoms with Crippen molar-refractivity contribution in [1.29, 1.82) is 0 Å². The number of amides is 1. The van der Waals surface area contributed by atoms with E-state index >= 15 is 0 Å². The number of benzene rings is 1. The normalized spacial score (nSPS) is 13.8. The molecule has 0 heterocycles. The zero-order valence-electron chi connectivity index (χ0n) is 13.2. The van der Waals surface area contributed by atoms with Crippen molar-refractivity contribution in [2.45, 2.75) is 59.0 Å².